The van der Waals surface area contributed by atoms with Crippen LogP contribution in [0.2, 0.25) is 0 Å². The molecule has 4 heterocycles. The fraction of sp³-hybridized carbons (Fsp3) is 0.682. The van der Waals surface area contributed by atoms with Crippen molar-refractivity contribution in [2.45, 2.75) is 52.0 Å². The van der Waals surface area contributed by atoms with Crippen molar-refractivity contribution < 1.29 is 0 Å². The molecule has 2 aliphatic heterocycles. The van der Waals surface area contributed by atoms with E-state index in [2.05, 4.69) is 51.4 Å². The molecule has 1 aliphatic carbocycles. The van der Waals surface area contributed by atoms with Gasteiger partial charge in [0.15, 0.2) is 0 Å². The number of aryl methyl sites for hydroxylation is 2. The highest BCUT2D eigenvalue weighted by Crippen LogP contribution is 2.35. The van der Waals surface area contributed by atoms with Crippen LogP contribution in [0.1, 0.15) is 55.3 Å². The summed E-state index contributed by atoms with van der Waals surface area (Å²) in [6, 6.07) is 2.19. The van der Waals surface area contributed by atoms with Gasteiger partial charge in [-0.25, -0.2) is 9.97 Å². The molecule has 6 heteroatoms. The fourth-order valence-corrected chi connectivity index (χ4v) is 5.41. The quantitative estimate of drug-likeness (QED) is 0.816. The maximum Gasteiger partial charge on any atom is 0.132 e. The third kappa shape index (κ3) is 3.21. The molecule has 0 aromatic carbocycles. The van der Waals surface area contributed by atoms with Gasteiger partial charge in [0.1, 0.15) is 12.1 Å². The zero-order valence-electron chi connectivity index (χ0n) is 17.4. The first-order valence-corrected chi connectivity index (χ1v) is 10.9. The van der Waals surface area contributed by atoms with E-state index in [1.54, 1.807) is 11.9 Å². The Morgan fingerprint density at radius 2 is 1.79 bits per heavy atom. The molecule has 2 aromatic rings. The van der Waals surface area contributed by atoms with E-state index in [1.807, 2.05) is 0 Å². The molecule has 0 saturated carbocycles. The minimum Gasteiger partial charge on any atom is -0.356 e. The van der Waals surface area contributed by atoms with Crippen LogP contribution < -0.4 is 4.90 Å². The molecule has 2 atom stereocenters. The monoisotopic (exact) mass is 380 g/mol. The Kier molecular flexibility index (Phi) is 4.62. The molecular weight excluding hydrogens is 348 g/mol. The van der Waals surface area contributed by atoms with Crippen LogP contribution in [0.3, 0.4) is 0 Å². The van der Waals surface area contributed by atoms with Gasteiger partial charge in [-0.05, 0) is 49.0 Å². The number of likely N-dealkylation sites (tertiary alicyclic amines) is 1. The first-order valence-electron chi connectivity index (χ1n) is 10.9. The van der Waals surface area contributed by atoms with Crippen LogP contribution in [0.15, 0.2) is 12.4 Å². The van der Waals surface area contributed by atoms with Gasteiger partial charge in [0.25, 0.3) is 0 Å². The average molecular weight is 381 g/mol. The van der Waals surface area contributed by atoms with Crippen LogP contribution in [0.25, 0.3) is 0 Å². The molecule has 2 fully saturated rings. The molecule has 0 bridgehead atoms. The minimum atomic E-state index is 0.448. The molecule has 2 saturated heterocycles. The maximum absolute atomic E-state index is 4.81. The average Bonchev–Trinajstić information content (AvgIpc) is 3.34. The molecule has 150 valence electrons. The summed E-state index contributed by atoms with van der Waals surface area (Å²) in [5.74, 6) is 3.06. The van der Waals surface area contributed by atoms with Crippen molar-refractivity contribution in [1.82, 2.24) is 24.6 Å². The van der Waals surface area contributed by atoms with Crippen molar-refractivity contribution in [3.8, 4) is 0 Å². The number of fused-ring (bicyclic) bond motifs is 2. The highest BCUT2D eigenvalue weighted by Gasteiger charge is 2.40. The molecule has 2 unspecified atom stereocenters. The summed E-state index contributed by atoms with van der Waals surface area (Å²) < 4.78 is 2.16. The normalized spacial score (nSPS) is 24.8. The summed E-state index contributed by atoms with van der Waals surface area (Å²) in [6.07, 6.45) is 6.74. The summed E-state index contributed by atoms with van der Waals surface area (Å²) in [4.78, 5) is 14.1. The van der Waals surface area contributed by atoms with E-state index in [4.69, 9.17) is 5.10 Å². The number of aromatic nitrogens is 4. The molecule has 0 amide bonds. The predicted octanol–water partition coefficient (Wildman–Crippen LogP) is 2.78. The number of hydrogen-bond acceptors (Lipinski definition) is 5. The van der Waals surface area contributed by atoms with Gasteiger partial charge >= 0.3 is 0 Å². The van der Waals surface area contributed by atoms with Gasteiger partial charge in [0.05, 0.1) is 11.4 Å². The summed E-state index contributed by atoms with van der Waals surface area (Å²) in [7, 11) is 2.13. The van der Waals surface area contributed by atoms with E-state index in [9.17, 15) is 0 Å². The van der Waals surface area contributed by atoms with Crippen LogP contribution in [0, 0.1) is 11.8 Å². The molecule has 2 aromatic heterocycles. The lowest BCUT2D eigenvalue weighted by Crippen LogP contribution is -2.30. The van der Waals surface area contributed by atoms with Gasteiger partial charge in [-0.15, -0.1) is 0 Å². The highest BCUT2D eigenvalue weighted by molar-refractivity contribution is 5.41. The van der Waals surface area contributed by atoms with Crippen LogP contribution in [-0.4, -0.2) is 50.8 Å². The summed E-state index contributed by atoms with van der Waals surface area (Å²) in [5, 5.41) is 4.81. The predicted molar refractivity (Wildman–Crippen MR) is 110 cm³/mol. The lowest BCUT2D eigenvalue weighted by molar-refractivity contribution is 0.299. The zero-order valence-corrected chi connectivity index (χ0v) is 17.4. The Morgan fingerprint density at radius 1 is 1.04 bits per heavy atom. The maximum atomic E-state index is 4.81. The van der Waals surface area contributed by atoms with Crippen molar-refractivity contribution in [3.63, 3.8) is 0 Å². The number of nitrogens with zero attached hydrogens (tertiary/aromatic N) is 6. The highest BCUT2D eigenvalue weighted by atomic mass is 15.3. The van der Waals surface area contributed by atoms with Crippen LogP contribution in [-0.2, 0) is 26.4 Å². The lowest BCUT2D eigenvalue weighted by atomic mass is 9.96. The Labute approximate surface area is 168 Å². The molecule has 0 N–H and O–H groups in total. The van der Waals surface area contributed by atoms with Crippen molar-refractivity contribution in [3.05, 3.63) is 35.0 Å². The fourth-order valence-electron chi connectivity index (χ4n) is 5.41. The second-order valence-corrected chi connectivity index (χ2v) is 9.28. The molecular formula is C22H32N6. The summed E-state index contributed by atoms with van der Waals surface area (Å²) in [5.41, 5.74) is 5.52. The first kappa shape index (κ1) is 18.1. The van der Waals surface area contributed by atoms with Gasteiger partial charge in [0, 0.05) is 51.5 Å². The SMILES string of the molecule is CC(C)c1cc(N2CC3CN(Cc4c5c(nn4C)CCCC5)CC3C2)ncn1. The van der Waals surface area contributed by atoms with E-state index in [0.717, 1.165) is 43.0 Å². The van der Waals surface area contributed by atoms with Gasteiger partial charge in [-0.3, -0.25) is 9.58 Å². The van der Waals surface area contributed by atoms with E-state index in [-0.39, 0.29) is 0 Å². The standard InChI is InChI=1S/C22H32N6/c1-15(2)20-8-22(24-14-23-20)28-11-16-9-27(10-17(16)12-28)13-21-18-6-4-5-7-19(18)25-26(21)3/h8,14-17H,4-7,9-13H2,1-3H3. The largest absolute Gasteiger partial charge is 0.356 e. The molecule has 28 heavy (non-hydrogen) atoms. The first-order chi connectivity index (χ1) is 13.6. The Morgan fingerprint density at radius 3 is 2.54 bits per heavy atom. The van der Waals surface area contributed by atoms with E-state index < -0.39 is 0 Å². The van der Waals surface area contributed by atoms with Crippen molar-refractivity contribution in [2.75, 3.05) is 31.1 Å². The molecule has 6 nitrogen and oxygen atoms in total. The zero-order chi connectivity index (χ0) is 19.3. The topological polar surface area (TPSA) is 50.1 Å². The van der Waals surface area contributed by atoms with Crippen LogP contribution in [0.4, 0.5) is 5.82 Å². The number of rotatable bonds is 4. The Hall–Kier alpha value is -1.95. The van der Waals surface area contributed by atoms with Crippen LogP contribution in [0.5, 0.6) is 0 Å². The Bertz CT molecular complexity index is 843. The molecule has 3 aliphatic rings. The minimum absolute atomic E-state index is 0.448. The van der Waals surface area contributed by atoms with Gasteiger partial charge in [0.2, 0.25) is 0 Å². The van der Waals surface area contributed by atoms with Crippen LogP contribution >= 0.6 is 0 Å². The summed E-state index contributed by atoms with van der Waals surface area (Å²) in [6.45, 7) is 10.1. The Balaban J connectivity index is 1.24. The van der Waals surface area contributed by atoms with Gasteiger partial charge in [-0.2, -0.15) is 5.10 Å². The van der Waals surface area contributed by atoms with Crippen molar-refractivity contribution >= 4 is 5.82 Å². The summed E-state index contributed by atoms with van der Waals surface area (Å²) >= 11 is 0. The van der Waals surface area contributed by atoms with E-state index in [1.165, 1.54) is 50.2 Å². The van der Waals surface area contributed by atoms with E-state index in [0.29, 0.717) is 5.92 Å². The van der Waals surface area contributed by atoms with Gasteiger partial charge < -0.3 is 4.90 Å². The molecule has 0 spiro atoms. The van der Waals surface area contributed by atoms with Crippen molar-refractivity contribution in [2.24, 2.45) is 18.9 Å². The third-order valence-corrected chi connectivity index (χ3v) is 6.97. The molecule has 0 radical (unpaired) electrons. The number of anilines is 1. The lowest BCUT2D eigenvalue weighted by Gasteiger charge is -2.23. The third-order valence-electron chi connectivity index (χ3n) is 6.97. The second kappa shape index (κ2) is 7.14. The van der Waals surface area contributed by atoms with Gasteiger partial charge in [-0.1, -0.05) is 13.8 Å². The van der Waals surface area contributed by atoms with E-state index >= 15 is 0 Å². The smallest absolute Gasteiger partial charge is 0.132 e. The van der Waals surface area contributed by atoms with Crippen molar-refractivity contribution in [1.29, 1.82) is 0 Å². The second-order valence-electron chi connectivity index (χ2n) is 9.28. The molecule has 5 rings (SSSR count). The number of hydrogen-bond donors (Lipinski definition) is 0.